The standard InChI is InChI=1S/C21H23Br2N.C2H6O/c1-13-10-16-3-2-15-12-17(22)4-5-18(15)20(21(16)19(23)11-13)14-6-8-24-9-7-14;1-2-3/h4-5,10-12,14,20,24H,2-3,6-9H2,1H3;3H,2H2,1H3. The van der Waals surface area contributed by atoms with E-state index in [-0.39, 0.29) is 6.61 Å². The largest absolute Gasteiger partial charge is 0.397 e. The molecular weight excluding hydrogens is 466 g/mol. The van der Waals surface area contributed by atoms with Gasteiger partial charge in [-0.05, 0) is 105 Å². The molecule has 1 atom stereocenters. The summed E-state index contributed by atoms with van der Waals surface area (Å²) in [5, 5.41) is 11.1. The van der Waals surface area contributed by atoms with Gasteiger partial charge in [-0.25, -0.2) is 0 Å². The first-order chi connectivity index (χ1) is 13.0. The van der Waals surface area contributed by atoms with Crippen molar-refractivity contribution in [2.45, 2.75) is 45.4 Å². The van der Waals surface area contributed by atoms with Crippen LogP contribution in [0.5, 0.6) is 0 Å². The molecular formula is C23H29Br2NO. The quantitative estimate of drug-likeness (QED) is 0.529. The van der Waals surface area contributed by atoms with Gasteiger partial charge in [-0.1, -0.05) is 44.0 Å². The van der Waals surface area contributed by atoms with E-state index in [0.717, 1.165) is 31.8 Å². The first-order valence-electron chi connectivity index (χ1n) is 9.94. The van der Waals surface area contributed by atoms with Gasteiger partial charge in [-0.2, -0.15) is 0 Å². The molecule has 0 saturated carbocycles. The number of piperidine rings is 1. The average Bonchev–Trinajstić information content (AvgIpc) is 2.80. The number of aryl methyl sites for hydroxylation is 3. The first kappa shape index (κ1) is 21.0. The third kappa shape index (κ3) is 4.84. The summed E-state index contributed by atoms with van der Waals surface area (Å²) in [5.41, 5.74) is 7.52. The highest BCUT2D eigenvalue weighted by atomic mass is 79.9. The molecule has 2 nitrogen and oxygen atoms in total. The van der Waals surface area contributed by atoms with Gasteiger partial charge in [0.05, 0.1) is 0 Å². The van der Waals surface area contributed by atoms with E-state index in [9.17, 15) is 0 Å². The van der Waals surface area contributed by atoms with Crippen molar-refractivity contribution < 1.29 is 5.11 Å². The molecule has 146 valence electrons. The summed E-state index contributed by atoms with van der Waals surface area (Å²) >= 11 is 7.59. The monoisotopic (exact) mass is 493 g/mol. The smallest absolute Gasteiger partial charge is 0.0402 e. The van der Waals surface area contributed by atoms with Crippen LogP contribution in [0.4, 0.5) is 0 Å². The molecule has 1 unspecified atom stereocenters. The lowest BCUT2D eigenvalue weighted by molar-refractivity contribution is 0.318. The summed E-state index contributed by atoms with van der Waals surface area (Å²) in [4.78, 5) is 0. The fourth-order valence-electron chi connectivity index (χ4n) is 4.57. The van der Waals surface area contributed by atoms with Crippen LogP contribution >= 0.6 is 31.9 Å². The number of aliphatic hydroxyl groups is 1. The SMILES string of the molecule is CCO.Cc1cc(Br)c2c(c1)CCc1cc(Br)ccc1C2C1CCNCC1. The highest BCUT2D eigenvalue weighted by Crippen LogP contribution is 2.45. The molecule has 0 bridgehead atoms. The van der Waals surface area contributed by atoms with Crippen molar-refractivity contribution in [2.75, 3.05) is 19.7 Å². The number of hydrogen-bond acceptors (Lipinski definition) is 2. The van der Waals surface area contributed by atoms with Gasteiger partial charge in [0.2, 0.25) is 0 Å². The van der Waals surface area contributed by atoms with Gasteiger partial charge in [-0.3, -0.25) is 0 Å². The second kappa shape index (κ2) is 9.69. The maximum Gasteiger partial charge on any atom is 0.0402 e. The van der Waals surface area contributed by atoms with E-state index < -0.39 is 0 Å². The van der Waals surface area contributed by atoms with Crippen molar-refractivity contribution in [2.24, 2.45) is 5.92 Å². The van der Waals surface area contributed by atoms with Gasteiger partial charge in [0.15, 0.2) is 0 Å². The Kier molecular flexibility index (Phi) is 7.55. The minimum absolute atomic E-state index is 0.250. The van der Waals surface area contributed by atoms with Crippen LogP contribution in [0.25, 0.3) is 0 Å². The third-order valence-corrected chi connectivity index (χ3v) is 6.78. The zero-order chi connectivity index (χ0) is 19.4. The molecule has 4 heteroatoms. The fourth-order valence-corrected chi connectivity index (χ4v) is 5.84. The van der Waals surface area contributed by atoms with Crippen LogP contribution in [0.1, 0.15) is 53.5 Å². The molecule has 2 aromatic rings. The van der Waals surface area contributed by atoms with Gasteiger partial charge in [-0.15, -0.1) is 0 Å². The van der Waals surface area contributed by atoms with E-state index in [1.165, 1.54) is 38.5 Å². The Labute approximate surface area is 180 Å². The van der Waals surface area contributed by atoms with Gasteiger partial charge in [0.1, 0.15) is 0 Å². The number of fused-ring (bicyclic) bond motifs is 2. The van der Waals surface area contributed by atoms with Gasteiger partial charge in [0, 0.05) is 21.5 Å². The Morgan fingerprint density at radius 3 is 2.41 bits per heavy atom. The number of benzene rings is 2. The van der Waals surface area contributed by atoms with E-state index in [2.05, 4.69) is 74.4 Å². The molecule has 27 heavy (non-hydrogen) atoms. The van der Waals surface area contributed by atoms with Crippen molar-refractivity contribution in [3.63, 3.8) is 0 Å². The molecule has 0 radical (unpaired) electrons. The highest BCUT2D eigenvalue weighted by molar-refractivity contribution is 9.10. The van der Waals surface area contributed by atoms with E-state index in [1.54, 1.807) is 18.1 Å². The lowest BCUT2D eigenvalue weighted by Gasteiger charge is -2.33. The second-order valence-electron chi connectivity index (χ2n) is 7.54. The van der Waals surface area contributed by atoms with Crippen LogP contribution in [0.15, 0.2) is 39.3 Å². The Balaban J connectivity index is 0.000000659. The molecule has 2 aromatic carbocycles. The summed E-state index contributed by atoms with van der Waals surface area (Å²) in [5.74, 6) is 1.24. The number of nitrogens with one attached hydrogen (secondary N) is 1. The van der Waals surface area contributed by atoms with Gasteiger partial charge < -0.3 is 10.4 Å². The second-order valence-corrected chi connectivity index (χ2v) is 9.31. The topological polar surface area (TPSA) is 32.3 Å². The van der Waals surface area contributed by atoms with Crippen LogP contribution in [0.2, 0.25) is 0 Å². The molecule has 0 spiro atoms. The average molecular weight is 495 g/mol. The fraction of sp³-hybridized carbons (Fsp3) is 0.478. The van der Waals surface area contributed by atoms with Crippen molar-refractivity contribution in [3.8, 4) is 0 Å². The first-order valence-corrected chi connectivity index (χ1v) is 11.5. The highest BCUT2D eigenvalue weighted by Gasteiger charge is 2.33. The normalized spacial score (nSPS) is 19.4. The van der Waals surface area contributed by atoms with Crippen LogP contribution in [-0.4, -0.2) is 24.8 Å². The van der Waals surface area contributed by atoms with Crippen molar-refractivity contribution >= 4 is 31.9 Å². The summed E-state index contributed by atoms with van der Waals surface area (Å²) in [6, 6.07) is 11.6. The predicted octanol–water partition coefficient (Wildman–Crippen LogP) is 5.75. The van der Waals surface area contributed by atoms with Crippen LogP contribution < -0.4 is 5.32 Å². The van der Waals surface area contributed by atoms with Crippen molar-refractivity contribution in [1.82, 2.24) is 5.32 Å². The Bertz CT molecular complexity index is 784. The molecule has 0 aromatic heterocycles. The van der Waals surface area contributed by atoms with Crippen molar-refractivity contribution in [1.29, 1.82) is 0 Å². The Morgan fingerprint density at radius 2 is 1.70 bits per heavy atom. The molecule has 1 heterocycles. The van der Waals surface area contributed by atoms with E-state index in [1.807, 2.05) is 0 Å². The number of hydrogen-bond donors (Lipinski definition) is 2. The maximum absolute atomic E-state index is 7.57. The maximum atomic E-state index is 7.57. The van der Waals surface area contributed by atoms with Crippen molar-refractivity contribution in [3.05, 3.63) is 67.1 Å². The van der Waals surface area contributed by atoms with E-state index in [0.29, 0.717) is 5.92 Å². The molecule has 1 aliphatic carbocycles. The number of aliphatic hydroxyl groups excluding tert-OH is 1. The summed E-state index contributed by atoms with van der Waals surface area (Å²) in [6.45, 7) is 6.43. The zero-order valence-electron chi connectivity index (χ0n) is 16.2. The molecule has 1 saturated heterocycles. The third-order valence-electron chi connectivity index (χ3n) is 5.63. The minimum atomic E-state index is 0.250. The minimum Gasteiger partial charge on any atom is -0.397 e. The predicted molar refractivity (Wildman–Crippen MR) is 121 cm³/mol. The Morgan fingerprint density at radius 1 is 1.04 bits per heavy atom. The van der Waals surface area contributed by atoms with Gasteiger partial charge >= 0.3 is 0 Å². The molecule has 0 amide bonds. The molecule has 1 fully saturated rings. The molecule has 1 aliphatic heterocycles. The van der Waals surface area contributed by atoms with Crippen LogP contribution in [0.3, 0.4) is 0 Å². The lowest BCUT2D eigenvalue weighted by Crippen LogP contribution is -2.31. The van der Waals surface area contributed by atoms with E-state index in [4.69, 9.17) is 5.11 Å². The zero-order valence-corrected chi connectivity index (χ0v) is 19.4. The molecule has 2 N–H and O–H groups in total. The van der Waals surface area contributed by atoms with Gasteiger partial charge in [0.25, 0.3) is 0 Å². The number of halogens is 2. The molecule has 2 aliphatic rings. The van der Waals surface area contributed by atoms with Crippen LogP contribution in [-0.2, 0) is 12.8 Å². The number of rotatable bonds is 1. The van der Waals surface area contributed by atoms with Crippen LogP contribution in [0, 0.1) is 12.8 Å². The lowest BCUT2D eigenvalue weighted by atomic mass is 9.75. The van der Waals surface area contributed by atoms with E-state index >= 15 is 0 Å². The molecule has 4 rings (SSSR count). The summed E-state index contributed by atoms with van der Waals surface area (Å²) in [7, 11) is 0. The summed E-state index contributed by atoms with van der Waals surface area (Å²) in [6.07, 6.45) is 4.81. The summed E-state index contributed by atoms with van der Waals surface area (Å²) < 4.78 is 2.50. The Hall–Kier alpha value is -0.680.